The quantitative estimate of drug-likeness (QED) is 0.182. The molecule has 0 aliphatic rings. The van der Waals surface area contributed by atoms with E-state index in [0.29, 0.717) is 0 Å². The van der Waals surface area contributed by atoms with Crippen LogP contribution in [-0.2, 0) is 0 Å². The minimum absolute atomic E-state index is 1.05. The van der Waals surface area contributed by atoms with Crippen LogP contribution in [0.3, 0.4) is 0 Å². The van der Waals surface area contributed by atoms with Gasteiger partial charge in [0.25, 0.3) is 0 Å². The van der Waals surface area contributed by atoms with Gasteiger partial charge in [0.05, 0.1) is 26.9 Å². The number of para-hydroxylation sites is 1. The van der Waals surface area contributed by atoms with Crippen molar-refractivity contribution in [3.05, 3.63) is 134 Å². The third kappa shape index (κ3) is 3.10. The summed E-state index contributed by atoms with van der Waals surface area (Å²) in [6.45, 7) is 0. The van der Waals surface area contributed by atoms with Crippen molar-refractivity contribution in [3.8, 4) is 11.3 Å². The minimum atomic E-state index is 1.05. The molecule has 0 atom stereocenters. The van der Waals surface area contributed by atoms with E-state index in [0.717, 1.165) is 11.3 Å². The van der Waals surface area contributed by atoms with E-state index >= 15 is 0 Å². The smallest absolute Gasteiger partial charge is 0.0880 e. The van der Waals surface area contributed by atoms with E-state index < -0.39 is 0 Å². The molecule has 4 heteroatoms. The maximum atomic E-state index is 4.97. The van der Waals surface area contributed by atoms with Crippen molar-refractivity contribution in [2.75, 3.05) is 0 Å². The summed E-state index contributed by atoms with van der Waals surface area (Å²) >= 11 is 3.73. The molecule has 0 saturated heterocycles. The van der Waals surface area contributed by atoms with Gasteiger partial charge in [-0.3, -0.25) is 4.98 Å². The van der Waals surface area contributed by atoms with Crippen LogP contribution in [-0.4, -0.2) is 9.38 Å². The first-order chi connectivity index (χ1) is 22.3. The largest absolute Gasteiger partial charge is 0.308 e. The van der Waals surface area contributed by atoms with Gasteiger partial charge in [-0.25, -0.2) is 0 Å². The Hall–Kier alpha value is -5.29. The fourth-order valence-electron chi connectivity index (χ4n) is 7.75. The van der Waals surface area contributed by atoms with Crippen LogP contribution in [0.2, 0.25) is 0 Å². The molecule has 11 aromatic rings. The van der Waals surface area contributed by atoms with Gasteiger partial charge in [-0.15, -0.1) is 22.7 Å². The number of fused-ring (bicyclic) bond motifs is 10. The Kier molecular flexibility index (Phi) is 4.64. The van der Waals surface area contributed by atoms with E-state index in [1.54, 1.807) is 0 Å². The van der Waals surface area contributed by atoms with Gasteiger partial charge in [0, 0.05) is 63.6 Å². The normalized spacial score (nSPS) is 12.4. The first-order valence-corrected chi connectivity index (χ1v) is 16.8. The van der Waals surface area contributed by atoms with E-state index in [2.05, 4.69) is 132 Å². The molecule has 0 N–H and O–H groups in total. The Bertz CT molecular complexity index is 3050. The van der Waals surface area contributed by atoms with Crippen LogP contribution in [0.1, 0.15) is 0 Å². The van der Waals surface area contributed by atoms with Gasteiger partial charge in [0.2, 0.25) is 0 Å². The second-order valence-electron chi connectivity index (χ2n) is 11.9. The van der Waals surface area contributed by atoms with Crippen molar-refractivity contribution in [1.82, 2.24) is 9.38 Å². The molecule has 6 aromatic carbocycles. The molecule has 0 amide bonds. The highest BCUT2D eigenvalue weighted by molar-refractivity contribution is 7.26. The molecule has 0 fully saturated rings. The number of hydrogen-bond donors (Lipinski definition) is 0. The Morgan fingerprint density at radius 2 is 1.11 bits per heavy atom. The average Bonchev–Trinajstić information content (AvgIpc) is 3.78. The molecular weight excluding hydrogens is 585 g/mol. The van der Waals surface area contributed by atoms with E-state index in [-0.39, 0.29) is 0 Å². The van der Waals surface area contributed by atoms with Gasteiger partial charge in [0.1, 0.15) is 0 Å². The van der Waals surface area contributed by atoms with Crippen LogP contribution in [0.4, 0.5) is 0 Å². The SMILES string of the molecule is c1ccc2c(c1)sc1c(-c3ccc4c(c3)c3cccc5c6ccccc6c6cccc7sc8cccc(c8c76)n4c53)nccc12. The van der Waals surface area contributed by atoms with Crippen molar-refractivity contribution >= 4 is 112 Å². The topological polar surface area (TPSA) is 17.3 Å². The van der Waals surface area contributed by atoms with Crippen molar-refractivity contribution in [2.24, 2.45) is 0 Å². The second kappa shape index (κ2) is 8.66. The number of benzene rings is 6. The van der Waals surface area contributed by atoms with Crippen LogP contribution >= 0.6 is 22.7 Å². The maximum Gasteiger partial charge on any atom is 0.0880 e. The molecule has 0 saturated carbocycles. The van der Waals surface area contributed by atoms with Crippen molar-refractivity contribution in [2.45, 2.75) is 0 Å². The van der Waals surface area contributed by atoms with E-state index in [1.165, 1.54) is 89.2 Å². The lowest BCUT2D eigenvalue weighted by molar-refractivity contribution is 1.35. The standard InChI is InChI=1S/C41H22N2S2/c1-2-9-25-24(8-1)27-11-6-16-35-37(27)38-33(14-7-17-36(38)44-35)43-32-19-18-23(22-31(32)29-13-5-12-28(25)40(29)43)39-41-30(20-21-42-39)26-10-3-4-15-34(26)45-41/h1-22H. The zero-order valence-corrected chi connectivity index (χ0v) is 25.5. The maximum absolute atomic E-state index is 4.97. The van der Waals surface area contributed by atoms with Crippen molar-refractivity contribution in [3.63, 3.8) is 0 Å². The van der Waals surface area contributed by atoms with Gasteiger partial charge < -0.3 is 4.40 Å². The monoisotopic (exact) mass is 606 g/mol. The molecule has 45 heavy (non-hydrogen) atoms. The number of rotatable bonds is 1. The number of hydrogen-bond acceptors (Lipinski definition) is 3. The van der Waals surface area contributed by atoms with E-state index in [9.17, 15) is 0 Å². The molecular formula is C41H22N2S2. The first kappa shape index (κ1) is 24.1. The lowest BCUT2D eigenvalue weighted by Crippen LogP contribution is -1.87. The molecule has 0 radical (unpaired) electrons. The summed E-state index contributed by atoms with van der Waals surface area (Å²) in [7, 11) is 0. The Morgan fingerprint density at radius 1 is 0.444 bits per heavy atom. The molecule has 11 rings (SSSR count). The summed E-state index contributed by atoms with van der Waals surface area (Å²) in [5, 5.41) is 12.9. The number of aromatic nitrogens is 2. The van der Waals surface area contributed by atoms with Gasteiger partial charge in [-0.2, -0.15) is 0 Å². The third-order valence-corrected chi connectivity index (χ3v) is 11.9. The summed E-state index contributed by atoms with van der Waals surface area (Å²) in [6.07, 6.45) is 1.96. The van der Waals surface area contributed by atoms with Crippen LogP contribution in [0, 0.1) is 0 Å². The fourth-order valence-corrected chi connectivity index (χ4v) is 10.1. The Balaban J connectivity index is 1.38. The summed E-state index contributed by atoms with van der Waals surface area (Å²) in [5.41, 5.74) is 5.91. The molecule has 5 aromatic heterocycles. The summed E-state index contributed by atoms with van der Waals surface area (Å²) in [4.78, 5) is 4.97. The molecule has 5 heterocycles. The Labute approximate surface area is 265 Å². The van der Waals surface area contributed by atoms with E-state index in [1.807, 2.05) is 28.9 Å². The third-order valence-electron chi connectivity index (χ3n) is 9.60. The molecule has 0 spiro atoms. The van der Waals surface area contributed by atoms with E-state index in [4.69, 9.17) is 4.98 Å². The van der Waals surface area contributed by atoms with Crippen LogP contribution in [0.5, 0.6) is 0 Å². The fraction of sp³-hybridized carbons (Fsp3) is 0. The van der Waals surface area contributed by atoms with Crippen molar-refractivity contribution < 1.29 is 0 Å². The number of pyridine rings is 1. The molecule has 0 unspecified atom stereocenters. The zero-order valence-electron chi connectivity index (χ0n) is 23.9. The van der Waals surface area contributed by atoms with Crippen molar-refractivity contribution in [1.29, 1.82) is 0 Å². The summed E-state index contributed by atoms with van der Waals surface area (Å²) in [5.74, 6) is 0. The van der Waals surface area contributed by atoms with Gasteiger partial charge in [-0.1, -0.05) is 84.9 Å². The molecule has 208 valence electrons. The van der Waals surface area contributed by atoms with Gasteiger partial charge in [-0.05, 0) is 58.6 Å². The lowest BCUT2D eigenvalue weighted by Gasteiger charge is -2.05. The van der Waals surface area contributed by atoms with Crippen LogP contribution in [0.15, 0.2) is 134 Å². The summed E-state index contributed by atoms with van der Waals surface area (Å²) < 4.78 is 7.72. The predicted octanol–water partition coefficient (Wildman–Crippen LogP) is 12.3. The first-order valence-electron chi connectivity index (χ1n) is 15.2. The molecule has 0 bridgehead atoms. The van der Waals surface area contributed by atoms with Gasteiger partial charge >= 0.3 is 0 Å². The average molecular weight is 607 g/mol. The highest BCUT2D eigenvalue weighted by Crippen LogP contribution is 2.45. The Morgan fingerprint density at radius 3 is 2.00 bits per heavy atom. The number of thiophene rings is 2. The summed E-state index contributed by atoms with van der Waals surface area (Å²) in [6, 6.07) is 47.2. The second-order valence-corrected chi connectivity index (χ2v) is 14.0. The minimum Gasteiger partial charge on any atom is -0.308 e. The highest BCUT2D eigenvalue weighted by Gasteiger charge is 2.19. The number of nitrogens with zero attached hydrogens (tertiary/aromatic N) is 2. The molecule has 2 nitrogen and oxygen atoms in total. The van der Waals surface area contributed by atoms with Crippen LogP contribution < -0.4 is 0 Å². The lowest BCUT2D eigenvalue weighted by atomic mass is 10.0. The highest BCUT2D eigenvalue weighted by atomic mass is 32.1. The van der Waals surface area contributed by atoms with Gasteiger partial charge in [0.15, 0.2) is 0 Å². The predicted molar refractivity (Wildman–Crippen MR) is 196 cm³/mol. The van der Waals surface area contributed by atoms with Crippen LogP contribution in [0.25, 0.3) is 100 Å². The molecule has 0 aliphatic heterocycles. The molecule has 0 aliphatic carbocycles. The zero-order chi connectivity index (χ0) is 29.2.